The van der Waals surface area contributed by atoms with Crippen LogP contribution in [0.4, 0.5) is 13.2 Å². The maximum atomic E-state index is 12.7. The standard InChI is InChI=1S/C14H15F3O4/c15-14(16,17)9-5-4-8(10(18)11(9)19)13(12(20)21)6-2-1-3-7-13/h4-5,18-19H,1-3,6-7H2,(H,20,21). The Morgan fingerprint density at radius 2 is 1.62 bits per heavy atom. The van der Waals surface area contributed by atoms with E-state index in [0.717, 1.165) is 12.5 Å². The molecule has 1 aliphatic rings. The third-order valence-corrected chi connectivity index (χ3v) is 4.09. The number of aromatic hydroxyl groups is 2. The Morgan fingerprint density at radius 1 is 1.05 bits per heavy atom. The fourth-order valence-electron chi connectivity index (χ4n) is 2.95. The van der Waals surface area contributed by atoms with Crippen molar-refractivity contribution in [1.82, 2.24) is 0 Å². The number of alkyl halides is 3. The van der Waals surface area contributed by atoms with Gasteiger partial charge < -0.3 is 15.3 Å². The SMILES string of the molecule is O=C(O)C1(c2ccc(C(F)(F)F)c(O)c2O)CCCCC1. The van der Waals surface area contributed by atoms with E-state index in [0.29, 0.717) is 18.9 Å². The van der Waals surface area contributed by atoms with Gasteiger partial charge in [0.2, 0.25) is 0 Å². The van der Waals surface area contributed by atoms with Crippen LogP contribution in [0.2, 0.25) is 0 Å². The number of halogens is 3. The molecule has 0 radical (unpaired) electrons. The molecular weight excluding hydrogens is 289 g/mol. The van der Waals surface area contributed by atoms with Crippen LogP contribution >= 0.6 is 0 Å². The maximum absolute atomic E-state index is 12.7. The molecule has 0 heterocycles. The van der Waals surface area contributed by atoms with Crippen molar-refractivity contribution in [3.05, 3.63) is 23.3 Å². The lowest BCUT2D eigenvalue weighted by atomic mass is 9.69. The number of hydrogen-bond acceptors (Lipinski definition) is 3. The van der Waals surface area contributed by atoms with E-state index in [1.54, 1.807) is 0 Å². The lowest BCUT2D eigenvalue weighted by Crippen LogP contribution is -2.38. The second kappa shape index (κ2) is 5.13. The van der Waals surface area contributed by atoms with Crippen molar-refractivity contribution in [2.24, 2.45) is 0 Å². The van der Waals surface area contributed by atoms with Crippen LogP contribution in [0.1, 0.15) is 43.2 Å². The molecule has 0 spiro atoms. The van der Waals surface area contributed by atoms with Gasteiger partial charge in [0.1, 0.15) is 5.56 Å². The molecule has 116 valence electrons. The Labute approximate surface area is 118 Å². The van der Waals surface area contributed by atoms with Crippen molar-refractivity contribution in [3.63, 3.8) is 0 Å². The van der Waals surface area contributed by atoms with Gasteiger partial charge in [-0.15, -0.1) is 0 Å². The minimum atomic E-state index is -4.82. The zero-order chi connectivity index (χ0) is 15.8. The Kier molecular flexibility index (Phi) is 3.78. The van der Waals surface area contributed by atoms with Gasteiger partial charge in [0.15, 0.2) is 11.5 Å². The second-order valence-electron chi connectivity index (χ2n) is 5.30. The van der Waals surface area contributed by atoms with Crippen molar-refractivity contribution < 1.29 is 33.3 Å². The van der Waals surface area contributed by atoms with Crippen molar-refractivity contribution >= 4 is 5.97 Å². The highest BCUT2D eigenvalue weighted by atomic mass is 19.4. The van der Waals surface area contributed by atoms with E-state index in [2.05, 4.69) is 0 Å². The first-order valence-corrected chi connectivity index (χ1v) is 6.56. The van der Waals surface area contributed by atoms with Crippen LogP contribution in [0.5, 0.6) is 11.5 Å². The fraction of sp³-hybridized carbons (Fsp3) is 0.500. The number of carboxylic acid groups (broad SMARTS) is 1. The summed E-state index contributed by atoms with van der Waals surface area (Å²) in [6.07, 6.45) is -2.33. The number of benzene rings is 1. The molecule has 0 aromatic heterocycles. The predicted octanol–water partition coefficient (Wildman–Crippen LogP) is 3.40. The minimum Gasteiger partial charge on any atom is -0.504 e. The van der Waals surface area contributed by atoms with Gasteiger partial charge in [-0.05, 0) is 18.9 Å². The van der Waals surface area contributed by atoms with Crippen molar-refractivity contribution in [3.8, 4) is 11.5 Å². The van der Waals surface area contributed by atoms with Crippen molar-refractivity contribution in [2.75, 3.05) is 0 Å². The van der Waals surface area contributed by atoms with Gasteiger partial charge in [0.25, 0.3) is 0 Å². The molecule has 0 bridgehead atoms. The van der Waals surface area contributed by atoms with Crippen molar-refractivity contribution in [2.45, 2.75) is 43.7 Å². The molecule has 1 aromatic rings. The Morgan fingerprint density at radius 3 is 2.10 bits per heavy atom. The summed E-state index contributed by atoms with van der Waals surface area (Å²) in [6, 6.07) is 1.57. The molecule has 0 atom stereocenters. The van der Waals surface area contributed by atoms with Gasteiger partial charge in [0.05, 0.1) is 5.41 Å². The molecule has 0 saturated heterocycles. The molecule has 4 nitrogen and oxygen atoms in total. The summed E-state index contributed by atoms with van der Waals surface area (Å²) >= 11 is 0. The molecule has 0 unspecified atom stereocenters. The Bertz CT molecular complexity index is 560. The number of phenols is 2. The fourth-order valence-corrected chi connectivity index (χ4v) is 2.95. The number of rotatable bonds is 2. The minimum absolute atomic E-state index is 0.153. The molecule has 2 rings (SSSR count). The van der Waals surface area contributed by atoms with Crippen LogP contribution < -0.4 is 0 Å². The van der Waals surface area contributed by atoms with Gasteiger partial charge >= 0.3 is 12.1 Å². The average molecular weight is 304 g/mol. The average Bonchev–Trinajstić information content (AvgIpc) is 2.41. The lowest BCUT2D eigenvalue weighted by molar-refractivity contribution is -0.145. The summed E-state index contributed by atoms with van der Waals surface area (Å²) in [6.45, 7) is 0. The van der Waals surface area contributed by atoms with E-state index in [9.17, 15) is 33.3 Å². The molecule has 21 heavy (non-hydrogen) atoms. The number of carbonyl (C=O) groups is 1. The lowest BCUT2D eigenvalue weighted by Gasteiger charge is -2.34. The third-order valence-electron chi connectivity index (χ3n) is 4.09. The molecule has 0 aliphatic heterocycles. The van der Waals surface area contributed by atoms with Crippen LogP contribution in [-0.2, 0) is 16.4 Å². The second-order valence-corrected chi connectivity index (χ2v) is 5.30. The van der Waals surface area contributed by atoms with Gasteiger partial charge in [0, 0.05) is 5.56 Å². The highest BCUT2D eigenvalue weighted by Gasteiger charge is 2.45. The van der Waals surface area contributed by atoms with Gasteiger partial charge in [-0.3, -0.25) is 4.79 Å². The molecule has 1 aromatic carbocycles. The Balaban J connectivity index is 2.58. The molecule has 1 fully saturated rings. The molecule has 3 N–H and O–H groups in total. The van der Waals surface area contributed by atoms with Gasteiger partial charge in [-0.2, -0.15) is 13.2 Å². The quantitative estimate of drug-likeness (QED) is 0.732. The van der Waals surface area contributed by atoms with Gasteiger partial charge in [-0.1, -0.05) is 25.3 Å². The number of hydrogen-bond donors (Lipinski definition) is 3. The summed E-state index contributed by atoms with van der Waals surface area (Å²) in [4.78, 5) is 11.6. The van der Waals surface area contributed by atoms with E-state index in [1.807, 2.05) is 0 Å². The highest BCUT2D eigenvalue weighted by molar-refractivity contribution is 5.83. The summed E-state index contributed by atoms with van der Waals surface area (Å²) in [7, 11) is 0. The van der Waals surface area contributed by atoms with E-state index in [-0.39, 0.29) is 18.4 Å². The highest BCUT2D eigenvalue weighted by Crippen LogP contribution is 2.49. The van der Waals surface area contributed by atoms with Crippen molar-refractivity contribution in [1.29, 1.82) is 0 Å². The molecular formula is C14H15F3O4. The first kappa shape index (κ1) is 15.5. The number of carboxylic acids is 1. The molecule has 0 amide bonds. The maximum Gasteiger partial charge on any atom is 0.420 e. The molecule has 7 heteroatoms. The number of phenolic OH excluding ortho intramolecular Hbond substituents is 2. The van der Waals surface area contributed by atoms with Crippen LogP contribution in [-0.4, -0.2) is 21.3 Å². The van der Waals surface area contributed by atoms with E-state index in [1.165, 1.54) is 0 Å². The van der Waals surface area contributed by atoms with Crippen LogP contribution in [0.3, 0.4) is 0 Å². The summed E-state index contributed by atoms with van der Waals surface area (Å²) in [5, 5.41) is 28.9. The third kappa shape index (κ3) is 2.52. The smallest absolute Gasteiger partial charge is 0.420 e. The molecule has 1 saturated carbocycles. The first-order chi connectivity index (χ1) is 9.70. The monoisotopic (exact) mass is 304 g/mol. The predicted molar refractivity (Wildman–Crippen MR) is 67.2 cm³/mol. The normalized spacial score (nSPS) is 18.4. The van der Waals surface area contributed by atoms with E-state index in [4.69, 9.17) is 0 Å². The van der Waals surface area contributed by atoms with Crippen LogP contribution in [0.15, 0.2) is 12.1 Å². The summed E-state index contributed by atoms with van der Waals surface area (Å²) in [5.74, 6) is -3.50. The summed E-state index contributed by atoms with van der Waals surface area (Å²) in [5.41, 5.74) is -2.97. The first-order valence-electron chi connectivity index (χ1n) is 6.56. The summed E-state index contributed by atoms with van der Waals surface area (Å²) < 4.78 is 38.0. The molecule has 1 aliphatic carbocycles. The topological polar surface area (TPSA) is 77.8 Å². The zero-order valence-electron chi connectivity index (χ0n) is 11.1. The Hall–Kier alpha value is -1.92. The zero-order valence-corrected chi connectivity index (χ0v) is 11.1. The van der Waals surface area contributed by atoms with Crippen LogP contribution in [0.25, 0.3) is 0 Å². The van der Waals surface area contributed by atoms with E-state index >= 15 is 0 Å². The number of aliphatic carboxylic acids is 1. The van der Waals surface area contributed by atoms with Crippen LogP contribution in [0, 0.1) is 0 Å². The largest absolute Gasteiger partial charge is 0.504 e. The van der Waals surface area contributed by atoms with Gasteiger partial charge in [-0.25, -0.2) is 0 Å². The van der Waals surface area contributed by atoms with E-state index < -0.39 is 34.6 Å².